The molecular weight excluding hydrogens is 536 g/mol. The average molecular weight is 559 g/mol. The standard InChI is InChI=1S/C17H21N3O2S.2C2HF3O2/c1-2-13(10-18-6-1)21-12-14-3-4-15-16(22-14)5-8-20(15)11-17-19-7-9-23-17;2*3-2(4,5)1(6)7/h1-2,6-7,9-10,14-16H,3-5,8,11-12H2;2*(H,6,7)/t14-,15-,16-;;/m0../s1. The number of ether oxygens (including phenoxy) is 2. The smallest absolute Gasteiger partial charge is 0.489 e. The lowest BCUT2D eigenvalue weighted by atomic mass is 9.99. The van der Waals surface area contributed by atoms with Gasteiger partial charge < -0.3 is 19.7 Å². The number of fused-ring (bicyclic) bond motifs is 1. The van der Waals surface area contributed by atoms with Crippen molar-refractivity contribution in [2.75, 3.05) is 13.2 Å². The summed E-state index contributed by atoms with van der Waals surface area (Å²) in [6.07, 6.45) is -0.910. The zero-order valence-corrected chi connectivity index (χ0v) is 19.8. The third-order valence-electron chi connectivity index (χ3n) is 5.13. The Labute approximate surface area is 210 Å². The highest BCUT2D eigenvalue weighted by atomic mass is 32.1. The first kappa shape index (κ1) is 30.2. The van der Waals surface area contributed by atoms with E-state index in [2.05, 4.69) is 14.9 Å². The predicted octanol–water partition coefficient (Wildman–Crippen LogP) is 4.01. The van der Waals surface area contributed by atoms with Crippen LogP contribution in [0.25, 0.3) is 0 Å². The number of halogens is 6. The second kappa shape index (κ2) is 13.5. The van der Waals surface area contributed by atoms with Gasteiger partial charge in [0.05, 0.1) is 24.9 Å². The van der Waals surface area contributed by atoms with Crippen LogP contribution in [0.15, 0.2) is 36.1 Å². The number of nitrogens with zero attached hydrogens (tertiary/aromatic N) is 3. The van der Waals surface area contributed by atoms with Gasteiger partial charge in [-0.15, -0.1) is 11.3 Å². The number of aromatic nitrogens is 2. The van der Waals surface area contributed by atoms with Crippen molar-refractivity contribution < 1.29 is 55.6 Å². The lowest BCUT2D eigenvalue weighted by Crippen LogP contribution is -2.43. The maximum Gasteiger partial charge on any atom is 0.490 e. The van der Waals surface area contributed by atoms with Gasteiger partial charge >= 0.3 is 24.3 Å². The number of carboxylic acids is 2. The summed E-state index contributed by atoms with van der Waals surface area (Å²) in [6, 6.07) is 4.36. The van der Waals surface area contributed by atoms with E-state index in [-0.39, 0.29) is 6.10 Å². The highest BCUT2D eigenvalue weighted by Crippen LogP contribution is 2.33. The van der Waals surface area contributed by atoms with Crippen molar-refractivity contribution in [3.05, 3.63) is 41.1 Å². The Morgan fingerprint density at radius 2 is 1.73 bits per heavy atom. The molecule has 2 saturated heterocycles. The molecule has 3 atom stereocenters. The van der Waals surface area contributed by atoms with Crippen LogP contribution < -0.4 is 4.74 Å². The number of carboxylic acid groups (broad SMARTS) is 2. The molecule has 4 heterocycles. The molecule has 2 aliphatic rings. The van der Waals surface area contributed by atoms with Crippen molar-refractivity contribution in [3.8, 4) is 5.75 Å². The quantitative estimate of drug-likeness (QED) is 0.524. The largest absolute Gasteiger partial charge is 0.490 e. The molecule has 0 bridgehead atoms. The van der Waals surface area contributed by atoms with E-state index in [9.17, 15) is 26.3 Å². The van der Waals surface area contributed by atoms with Crippen molar-refractivity contribution >= 4 is 23.3 Å². The molecule has 0 amide bonds. The van der Waals surface area contributed by atoms with Gasteiger partial charge in [0.2, 0.25) is 0 Å². The number of alkyl halides is 6. The van der Waals surface area contributed by atoms with Crippen LogP contribution in [0.3, 0.4) is 0 Å². The summed E-state index contributed by atoms with van der Waals surface area (Å²) < 4.78 is 75.5. The second-order valence-corrected chi connectivity index (χ2v) is 8.71. The summed E-state index contributed by atoms with van der Waals surface area (Å²) in [5.41, 5.74) is 0. The van der Waals surface area contributed by atoms with Crippen LogP contribution in [0.2, 0.25) is 0 Å². The lowest BCUT2D eigenvalue weighted by molar-refractivity contribution is -0.193. The van der Waals surface area contributed by atoms with E-state index in [4.69, 9.17) is 29.3 Å². The molecule has 0 radical (unpaired) electrons. The molecule has 0 unspecified atom stereocenters. The summed E-state index contributed by atoms with van der Waals surface area (Å²) in [5.74, 6) is -4.70. The fraction of sp³-hybridized carbons (Fsp3) is 0.524. The number of pyridine rings is 1. The fourth-order valence-electron chi connectivity index (χ4n) is 3.53. The molecule has 37 heavy (non-hydrogen) atoms. The van der Waals surface area contributed by atoms with Gasteiger partial charge in [-0.25, -0.2) is 14.6 Å². The summed E-state index contributed by atoms with van der Waals surface area (Å²) in [7, 11) is 0. The SMILES string of the molecule is O=C(O)C(F)(F)F.O=C(O)C(F)(F)F.c1cncc(OC[C@@H]2CC[C@H]3[C@H](CCN3Cc3nccs3)O2)c1. The Bertz CT molecular complexity index is 953. The molecule has 9 nitrogen and oxygen atoms in total. The van der Waals surface area contributed by atoms with Crippen LogP contribution in [0.1, 0.15) is 24.3 Å². The summed E-state index contributed by atoms with van der Waals surface area (Å²) in [6.45, 7) is 2.67. The highest BCUT2D eigenvalue weighted by Gasteiger charge is 2.40. The molecule has 2 aromatic heterocycles. The molecule has 0 spiro atoms. The first-order valence-electron chi connectivity index (χ1n) is 10.7. The number of rotatable bonds is 5. The highest BCUT2D eigenvalue weighted by molar-refractivity contribution is 7.09. The van der Waals surface area contributed by atoms with E-state index in [1.807, 2.05) is 23.7 Å². The van der Waals surface area contributed by atoms with Crippen LogP contribution in [0.5, 0.6) is 5.75 Å². The second-order valence-electron chi connectivity index (χ2n) is 7.73. The molecular formula is C21H23F6N3O6S. The van der Waals surface area contributed by atoms with Crippen molar-refractivity contribution in [1.82, 2.24) is 14.9 Å². The normalized spacial score (nSPS) is 21.5. The number of thiazole rings is 1. The first-order chi connectivity index (χ1) is 17.3. The molecule has 16 heteroatoms. The van der Waals surface area contributed by atoms with E-state index >= 15 is 0 Å². The molecule has 0 saturated carbocycles. The van der Waals surface area contributed by atoms with Gasteiger partial charge in [0.15, 0.2) is 0 Å². The number of carbonyl (C=O) groups is 2. The topological polar surface area (TPSA) is 122 Å². The van der Waals surface area contributed by atoms with E-state index in [1.54, 1.807) is 23.7 Å². The predicted molar refractivity (Wildman–Crippen MR) is 116 cm³/mol. The Hall–Kier alpha value is -2.98. The minimum atomic E-state index is -5.08. The van der Waals surface area contributed by atoms with Gasteiger partial charge in [-0.3, -0.25) is 9.88 Å². The minimum Gasteiger partial charge on any atom is -0.489 e. The maximum atomic E-state index is 10.6. The van der Waals surface area contributed by atoms with Gasteiger partial charge in [0.1, 0.15) is 17.4 Å². The zero-order chi connectivity index (χ0) is 27.6. The number of hydrogen-bond acceptors (Lipinski definition) is 8. The number of likely N-dealkylation sites (tertiary alicyclic amines) is 1. The summed E-state index contributed by atoms with van der Waals surface area (Å²) in [4.78, 5) is 28.8. The van der Waals surface area contributed by atoms with E-state index in [1.165, 1.54) is 11.4 Å². The Balaban J connectivity index is 0.000000286. The Kier molecular flexibility index (Phi) is 11.1. The minimum absolute atomic E-state index is 0.191. The van der Waals surface area contributed by atoms with Crippen molar-refractivity contribution in [1.29, 1.82) is 0 Å². The molecule has 4 rings (SSSR count). The lowest BCUT2D eigenvalue weighted by Gasteiger charge is -2.35. The van der Waals surface area contributed by atoms with E-state index < -0.39 is 24.3 Å². The van der Waals surface area contributed by atoms with Crippen molar-refractivity contribution in [2.24, 2.45) is 0 Å². The van der Waals surface area contributed by atoms with Crippen LogP contribution >= 0.6 is 11.3 Å². The van der Waals surface area contributed by atoms with Crippen LogP contribution in [0.4, 0.5) is 26.3 Å². The van der Waals surface area contributed by atoms with Gasteiger partial charge in [-0.1, -0.05) is 0 Å². The molecule has 2 aliphatic heterocycles. The maximum absolute atomic E-state index is 10.6. The van der Waals surface area contributed by atoms with Crippen LogP contribution in [-0.4, -0.2) is 80.8 Å². The Morgan fingerprint density at radius 1 is 1.08 bits per heavy atom. The van der Waals surface area contributed by atoms with Gasteiger partial charge in [-0.2, -0.15) is 26.3 Å². The van der Waals surface area contributed by atoms with Gasteiger partial charge in [0.25, 0.3) is 0 Å². The Morgan fingerprint density at radius 3 is 2.24 bits per heavy atom. The summed E-state index contributed by atoms with van der Waals surface area (Å²) in [5, 5.41) is 17.5. The third kappa shape index (κ3) is 10.5. The molecule has 2 N–H and O–H groups in total. The third-order valence-corrected chi connectivity index (χ3v) is 5.89. The summed E-state index contributed by atoms with van der Waals surface area (Å²) >= 11 is 1.74. The van der Waals surface area contributed by atoms with E-state index in [0.717, 1.165) is 31.7 Å². The first-order valence-corrected chi connectivity index (χ1v) is 11.6. The molecule has 2 aromatic rings. The van der Waals surface area contributed by atoms with E-state index in [0.29, 0.717) is 18.8 Å². The zero-order valence-electron chi connectivity index (χ0n) is 19.0. The van der Waals surface area contributed by atoms with Crippen LogP contribution in [0, 0.1) is 0 Å². The van der Waals surface area contributed by atoms with Crippen LogP contribution in [-0.2, 0) is 20.9 Å². The van der Waals surface area contributed by atoms with Crippen molar-refractivity contribution in [3.63, 3.8) is 0 Å². The molecule has 0 aliphatic carbocycles. The van der Waals surface area contributed by atoms with Gasteiger partial charge in [-0.05, 0) is 31.4 Å². The molecule has 2 fully saturated rings. The average Bonchev–Trinajstić information content (AvgIpc) is 3.48. The number of hydrogen-bond donors (Lipinski definition) is 2. The van der Waals surface area contributed by atoms with Crippen molar-refractivity contribution in [2.45, 2.75) is 56.4 Å². The van der Waals surface area contributed by atoms with Gasteiger partial charge in [0, 0.05) is 30.4 Å². The monoisotopic (exact) mass is 559 g/mol. The molecule has 206 valence electrons. The number of aliphatic carboxylic acids is 2. The fourth-order valence-corrected chi connectivity index (χ4v) is 4.17. The molecule has 0 aromatic carbocycles.